The van der Waals surface area contributed by atoms with Crippen LogP contribution in [0.1, 0.15) is 73.1 Å². The van der Waals surface area contributed by atoms with Crippen LogP contribution < -0.4 is 0 Å². The molecule has 0 nitrogen and oxygen atoms in total. The van der Waals surface area contributed by atoms with E-state index in [2.05, 4.69) is 34.6 Å². The molecule has 0 aromatic heterocycles. The summed E-state index contributed by atoms with van der Waals surface area (Å²) in [5, 5.41) is 0. The molecule has 0 aromatic carbocycles. The Hall–Kier alpha value is -0.260. The maximum atomic E-state index is 2.45. The number of allylic oxidation sites excluding steroid dienone is 2. The molecule has 1 aliphatic rings. The lowest BCUT2D eigenvalue weighted by Gasteiger charge is -2.38. The minimum Gasteiger partial charge on any atom is -0.0702 e. The lowest BCUT2D eigenvalue weighted by Crippen LogP contribution is -2.25. The molecule has 0 amide bonds. The van der Waals surface area contributed by atoms with Gasteiger partial charge in [0.15, 0.2) is 0 Å². The fourth-order valence-corrected chi connectivity index (χ4v) is 3.27. The van der Waals surface area contributed by atoms with Gasteiger partial charge in [0.05, 0.1) is 0 Å². The van der Waals surface area contributed by atoms with E-state index >= 15 is 0 Å². The van der Waals surface area contributed by atoms with Crippen LogP contribution in [0.15, 0.2) is 11.1 Å². The Bertz CT molecular complexity index is 232. The van der Waals surface area contributed by atoms with Gasteiger partial charge in [-0.15, -0.1) is 0 Å². The van der Waals surface area contributed by atoms with Gasteiger partial charge in [0, 0.05) is 0 Å². The van der Waals surface area contributed by atoms with Crippen LogP contribution in [0.25, 0.3) is 0 Å². The van der Waals surface area contributed by atoms with Gasteiger partial charge in [0.25, 0.3) is 0 Å². The van der Waals surface area contributed by atoms with E-state index in [4.69, 9.17) is 0 Å². The summed E-state index contributed by atoms with van der Waals surface area (Å²) < 4.78 is 0. The number of hydrogen-bond donors (Lipinski definition) is 0. The van der Waals surface area contributed by atoms with Crippen LogP contribution in [0.4, 0.5) is 0 Å². The molecule has 0 aromatic rings. The quantitative estimate of drug-likeness (QED) is 0.547. The second-order valence-corrected chi connectivity index (χ2v) is 5.81. The van der Waals surface area contributed by atoms with E-state index in [-0.39, 0.29) is 0 Å². The summed E-state index contributed by atoms with van der Waals surface area (Å²) in [6, 6.07) is 0. The first-order valence-corrected chi connectivity index (χ1v) is 6.75. The molecule has 15 heavy (non-hydrogen) atoms. The van der Waals surface area contributed by atoms with Crippen LogP contribution >= 0.6 is 0 Å². The van der Waals surface area contributed by atoms with E-state index in [9.17, 15) is 0 Å². The van der Waals surface area contributed by atoms with Crippen LogP contribution in [0.5, 0.6) is 0 Å². The first-order chi connectivity index (χ1) is 7.03. The van der Waals surface area contributed by atoms with Crippen LogP contribution in [-0.4, -0.2) is 0 Å². The van der Waals surface area contributed by atoms with E-state index in [1.54, 1.807) is 11.1 Å². The zero-order chi connectivity index (χ0) is 11.5. The molecule has 88 valence electrons. The monoisotopic (exact) mass is 208 g/mol. The summed E-state index contributed by atoms with van der Waals surface area (Å²) in [6.07, 6.45) is 8.11. The van der Waals surface area contributed by atoms with Crippen LogP contribution in [-0.2, 0) is 0 Å². The largest absolute Gasteiger partial charge is 0.0702 e. The Morgan fingerprint density at radius 3 is 2.47 bits per heavy atom. The van der Waals surface area contributed by atoms with Crippen molar-refractivity contribution in [3.05, 3.63) is 11.1 Å². The fraction of sp³-hybridized carbons (Fsp3) is 0.867. The minimum atomic E-state index is 0.470. The van der Waals surface area contributed by atoms with E-state index in [1.165, 1.54) is 38.5 Å². The molecule has 1 unspecified atom stereocenters. The molecular weight excluding hydrogens is 180 g/mol. The third-order valence-electron chi connectivity index (χ3n) is 4.05. The maximum absolute atomic E-state index is 2.45. The van der Waals surface area contributed by atoms with E-state index in [0.717, 1.165) is 5.92 Å². The smallest absolute Gasteiger partial charge is 0.0139 e. The van der Waals surface area contributed by atoms with Crippen LogP contribution in [0, 0.1) is 11.3 Å². The highest BCUT2D eigenvalue weighted by Gasteiger charge is 2.31. The zero-order valence-corrected chi connectivity index (χ0v) is 11.3. The highest BCUT2D eigenvalue weighted by atomic mass is 14.4. The van der Waals surface area contributed by atoms with E-state index in [1.807, 2.05) is 0 Å². The molecule has 1 atom stereocenters. The Kier molecular flexibility index (Phi) is 4.43. The van der Waals surface area contributed by atoms with Crippen molar-refractivity contribution in [3.63, 3.8) is 0 Å². The second kappa shape index (κ2) is 5.18. The van der Waals surface area contributed by atoms with Crippen molar-refractivity contribution in [1.29, 1.82) is 0 Å². The molecule has 0 radical (unpaired) electrons. The Labute approximate surface area is 96.2 Å². The Morgan fingerprint density at radius 2 is 1.93 bits per heavy atom. The normalized spacial score (nSPS) is 23.0. The first-order valence-electron chi connectivity index (χ1n) is 6.75. The zero-order valence-electron chi connectivity index (χ0n) is 11.3. The summed E-state index contributed by atoms with van der Waals surface area (Å²) in [6.45, 7) is 11.9. The minimum absolute atomic E-state index is 0.470. The standard InChI is InChI=1S/C15H28/c1-6-9-13-10-8-11-15(4,5)14(13)12(3)7-2/h12H,6-11H2,1-5H3. The third-order valence-corrected chi connectivity index (χ3v) is 4.05. The summed E-state index contributed by atoms with van der Waals surface area (Å²) in [7, 11) is 0. The topological polar surface area (TPSA) is 0 Å². The van der Waals surface area contributed by atoms with Gasteiger partial charge in [0.2, 0.25) is 0 Å². The SMILES string of the molecule is CCCC1=C(C(C)CC)C(C)(C)CCC1. The summed E-state index contributed by atoms with van der Waals surface area (Å²) in [4.78, 5) is 0. The van der Waals surface area contributed by atoms with Gasteiger partial charge in [-0.2, -0.15) is 0 Å². The molecule has 1 aliphatic carbocycles. The van der Waals surface area contributed by atoms with Gasteiger partial charge < -0.3 is 0 Å². The van der Waals surface area contributed by atoms with Gasteiger partial charge >= 0.3 is 0 Å². The summed E-state index contributed by atoms with van der Waals surface area (Å²) in [5.74, 6) is 0.793. The maximum Gasteiger partial charge on any atom is -0.0139 e. The molecule has 0 saturated carbocycles. The molecule has 0 spiro atoms. The molecule has 0 bridgehead atoms. The van der Waals surface area contributed by atoms with Crippen molar-refractivity contribution in [3.8, 4) is 0 Å². The molecule has 0 N–H and O–H groups in total. The Morgan fingerprint density at radius 1 is 1.27 bits per heavy atom. The summed E-state index contributed by atoms with van der Waals surface area (Å²) in [5.41, 5.74) is 4.07. The number of rotatable bonds is 4. The number of hydrogen-bond acceptors (Lipinski definition) is 0. The molecular formula is C15H28. The van der Waals surface area contributed by atoms with Crippen molar-refractivity contribution in [2.24, 2.45) is 11.3 Å². The van der Waals surface area contributed by atoms with Crippen molar-refractivity contribution in [2.75, 3.05) is 0 Å². The third kappa shape index (κ3) is 2.86. The van der Waals surface area contributed by atoms with Crippen molar-refractivity contribution < 1.29 is 0 Å². The highest BCUT2D eigenvalue weighted by Crippen LogP contribution is 2.45. The fourth-order valence-electron chi connectivity index (χ4n) is 3.27. The van der Waals surface area contributed by atoms with Gasteiger partial charge in [-0.3, -0.25) is 0 Å². The van der Waals surface area contributed by atoms with Gasteiger partial charge in [-0.1, -0.05) is 52.2 Å². The molecule has 0 aliphatic heterocycles. The van der Waals surface area contributed by atoms with Crippen molar-refractivity contribution in [1.82, 2.24) is 0 Å². The molecule has 0 saturated heterocycles. The van der Waals surface area contributed by atoms with E-state index < -0.39 is 0 Å². The predicted molar refractivity (Wildman–Crippen MR) is 69.0 cm³/mol. The highest BCUT2D eigenvalue weighted by molar-refractivity contribution is 5.25. The lowest BCUT2D eigenvalue weighted by atomic mass is 9.67. The summed E-state index contributed by atoms with van der Waals surface area (Å²) >= 11 is 0. The average Bonchev–Trinajstić information content (AvgIpc) is 2.16. The second-order valence-electron chi connectivity index (χ2n) is 5.81. The lowest BCUT2D eigenvalue weighted by molar-refractivity contribution is 0.321. The predicted octanol–water partition coefficient (Wildman–Crippen LogP) is 5.34. The van der Waals surface area contributed by atoms with Gasteiger partial charge in [-0.05, 0) is 43.4 Å². The molecule has 1 rings (SSSR count). The van der Waals surface area contributed by atoms with Crippen LogP contribution in [0.3, 0.4) is 0 Å². The van der Waals surface area contributed by atoms with Crippen molar-refractivity contribution in [2.45, 2.75) is 73.1 Å². The molecule has 0 fully saturated rings. The average molecular weight is 208 g/mol. The van der Waals surface area contributed by atoms with Gasteiger partial charge in [0.1, 0.15) is 0 Å². The van der Waals surface area contributed by atoms with E-state index in [0.29, 0.717) is 5.41 Å². The Balaban J connectivity index is 3.02. The van der Waals surface area contributed by atoms with Crippen LogP contribution in [0.2, 0.25) is 0 Å². The first kappa shape index (κ1) is 12.8. The van der Waals surface area contributed by atoms with Crippen molar-refractivity contribution >= 4 is 0 Å². The van der Waals surface area contributed by atoms with Gasteiger partial charge in [-0.25, -0.2) is 0 Å². The molecule has 0 heteroatoms. The molecule has 0 heterocycles.